The van der Waals surface area contributed by atoms with Crippen molar-refractivity contribution in [1.82, 2.24) is 4.31 Å². The van der Waals surface area contributed by atoms with Crippen LogP contribution in [0.4, 0.5) is 11.4 Å². The van der Waals surface area contributed by atoms with E-state index >= 15 is 0 Å². The summed E-state index contributed by atoms with van der Waals surface area (Å²) < 4.78 is 8.39. The number of thiophene rings is 1. The Hall–Kier alpha value is -2.28. The van der Waals surface area contributed by atoms with Crippen LogP contribution < -0.4 is 4.90 Å². The van der Waals surface area contributed by atoms with Crippen LogP contribution >= 0.6 is 23.3 Å². The zero-order chi connectivity index (χ0) is 18.5. The van der Waals surface area contributed by atoms with E-state index < -0.39 is 0 Å². The number of benzene rings is 2. The standard InChI is InChI=1S/C21H18N2O2S2/c1-13-11-23(14-6-4-3-5-7-14)18-10-19-16(9-20(18)27-22(13)2)17-8-15(12-24)26-21(17)25-19/h3-10,12-13H,11H2,1-2H3. The van der Waals surface area contributed by atoms with Crippen molar-refractivity contribution in [1.29, 1.82) is 0 Å². The minimum Gasteiger partial charge on any atom is -0.445 e. The van der Waals surface area contributed by atoms with Gasteiger partial charge in [-0.25, -0.2) is 4.31 Å². The Morgan fingerprint density at radius 2 is 1.96 bits per heavy atom. The highest BCUT2D eigenvalue weighted by Gasteiger charge is 2.26. The molecule has 1 aliphatic rings. The van der Waals surface area contributed by atoms with Gasteiger partial charge in [0.15, 0.2) is 11.2 Å². The Kier molecular flexibility index (Phi) is 4.00. The van der Waals surface area contributed by atoms with E-state index in [2.05, 4.69) is 59.6 Å². The summed E-state index contributed by atoms with van der Waals surface area (Å²) in [7, 11) is 2.14. The third-order valence-electron chi connectivity index (χ3n) is 5.06. The van der Waals surface area contributed by atoms with Gasteiger partial charge in [-0.05, 0) is 50.2 Å². The topological polar surface area (TPSA) is 36.7 Å². The van der Waals surface area contributed by atoms with Gasteiger partial charge in [0.2, 0.25) is 0 Å². The third-order valence-corrected chi connectivity index (χ3v) is 7.17. The fraction of sp³-hybridized carbons (Fsp3) is 0.190. The Morgan fingerprint density at radius 3 is 2.74 bits per heavy atom. The van der Waals surface area contributed by atoms with Gasteiger partial charge in [-0.15, -0.1) is 0 Å². The van der Waals surface area contributed by atoms with Crippen LogP contribution in [-0.2, 0) is 0 Å². The molecule has 1 atom stereocenters. The molecular formula is C21H18N2O2S2. The molecule has 2 aromatic carbocycles. The number of likely N-dealkylation sites (N-methyl/N-ethyl adjacent to an activating group) is 1. The van der Waals surface area contributed by atoms with Crippen molar-refractivity contribution in [3.05, 3.63) is 53.4 Å². The summed E-state index contributed by atoms with van der Waals surface area (Å²) >= 11 is 3.16. The lowest BCUT2D eigenvalue weighted by molar-refractivity contribution is 0.112. The molecule has 0 amide bonds. The quantitative estimate of drug-likeness (QED) is 0.311. The van der Waals surface area contributed by atoms with Crippen LogP contribution in [0.3, 0.4) is 0 Å². The van der Waals surface area contributed by atoms with E-state index in [-0.39, 0.29) is 0 Å². The van der Waals surface area contributed by atoms with Crippen LogP contribution in [0.5, 0.6) is 0 Å². The number of rotatable bonds is 2. The van der Waals surface area contributed by atoms with Crippen LogP contribution in [0, 0.1) is 0 Å². The molecule has 4 aromatic rings. The van der Waals surface area contributed by atoms with Crippen LogP contribution in [-0.4, -0.2) is 30.2 Å². The number of furan rings is 1. The van der Waals surface area contributed by atoms with Crippen molar-refractivity contribution in [3.8, 4) is 0 Å². The molecule has 6 heteroatoms. The van der Waals surface area contributed by atoms with E-state index in [9.17, 15) is 4.79 Å². The largest absolute Gasteiger partial charge is 0.445 e. The molecule has 0 radical (unpaired) electrons. The predicted molar refractivity (Wildman–Crippen MR) is 114 cm³/mol. The summed E-state index contributed by atoms with van der Waals surface area (Å²) in [6.45, 7) is 3.14. The smallest absolute Gasteiger partial charge is 0.189 e. The highest BCUT2D eigenvalue weighted by Crippen LogP contribution is 2.45. The first-order valence-electron chi connectivity index (χ1n) is 8.82. The third kappa shape index (κ3) is 2.76. The molecule has 0 spiro atoms. The highest BCUT2D eigenvalue weighted by molar-refractivity contribution is 7.97. The molecule has 0 bridgehead atoms. The lowest BCUT2D eigenvalue weighted by Gasteiger charge is -2.27. The number of carbonyl (C=O) groups excluding carboxylic acids is 1. The van der Waals surface area contributed by atoms with Crippen molar-refractivity contribution >= 4 is 62.2 Å². The number of para-hydroxylation sites is 1. The van der Waals surface area contributed by atoms with Crippen molar-refractivity contribution < 1.29 is 9.21 Å². The minimum absolute atomic E-state index is 0.386. The van der Waals surface area contributed by atoms with Gasteiger partial charge in [-0.1, -0.05) is 29.5 Å². The van der Waals surface area contributed by atoms with E-state index in [4.69, 9.17) is 4.42 Å². The monoisotopic (exact) mass is 394 g/mol. The molecule has 0 N–H and O–H groups in total. The predicted octanol–water partition coefficient (Wildman–Crippen LogP) is 5.94. The summed E-state index contributed by atoms with van der Waals surface area (Å²) in [6, 6.07) is 17.1. The second-order valence-electron chi connectivity index (χ2n) is 6.82. The van der Waals surface area contributed by atoms with Crippen molar-refractivity contribution in [3.63, 3.8) is 0 Å². The second kappa shape index (κ2) is 6.41. The molecule has 0 fully saturated rings. The summed E-state index contributed by atoms with van der Waals surface area (Å²) in [5.74, 6) is 0. The van der Waals surface area contributed by atoms with E-state index in [0.29, 0.717) is 10.9 Å². The number of aldehydes is 1. The molecule has 3 heterocycles. The molecule has 1 aliphatic heterocycles. The van der Waals surface area contributed by atoms with Gasteiger partial charge in [-0.2, -0.15) is 0 Å². The zero-order valence-electron chi connectivity index (χ0n) is 15.0. The van der Waals surface area contributed by atoms with Gasteiger partial charge in [0, 0.05) is 40.0 Å². The Morgan fingerprint density at radius 1 is 1.15 bits per heavy atom. The maximum Gasteiger partial charge on any atom is 0.189 e. The average molecular weight is 395 g/mol. The molecule has 2 aromatic heterocycles. The molecule has 27 heavy (non-hydrogen) atoms. The van der Waals surface area contributed by atoms with E-state index in [1.54, 1.807) is 11.9 Å². The number of hydrogen-bond donors (Lipinski definition) is 0. The van der Waals surface area contributed by atoms with Gasteiger partial charge < -0.3 is 9.32 Å². The molecule has 0 aliphatic carbocycles. The summed E-state index contributed by atoms with van der Waals surface area (Å²) in [6.07, 6.45) is 0.886. The van der Waals surface area contributed by atoms with Crippen molar-refractivity contribution in [2.24, 2.45) is 0 Å². The normalized spacial score (nSPS) is 18.0. The fourth-order valence-electron chi connectivity index (χ4n) is 3.52. The highest BCUT2D eigenvalue weighted by atomic mass is 32.2. The average Bonchev–Trinajstić information content (AvgIpc) is 3.20. The second-order valence-corrected chi connectivity index (χ2v) is 9.06. The molecule has 136 valence electrons. The van der Waals surface area contributed by atoms with Crippen molar-refractivity contribution in [2.45, 2.75) is 17.9 Å². The van der Waals surface area contributed by atoms with Gasteiger partial charge in [0.05, 0.1) is 10.6 Å². The number of carbonyl (C=O) groups is 1. The first kappa shape index (κ1) is 16.9. The Labute approximate surface area is 165 Å². The van der Waals surface area contributed by atoms with Gasteiger partial charge in [0.1, 0.15) is 5.58 Å². The Balaban J connectivity index is 1.74. The maximum absolute atomic E-state index is 11.1. The van der Waals surface area contributed by atoms with Crippen molar-refractivity contribution in [2.75, 3.05) is 18.5 Å². The van der Waals surface area contributed by atoms with E-state index in [0.717, 1.165) is 39.8 Å². The van der Waals surface area contributed by atoms with Crippen LogP contribution in [0.1, 0.15) is 16.6 Å². The van der Waals surface area contributed by atoms with Crippen LogP contribution in [0.15, 0.2) is 57.8 Å². The molecule has 4 nitrogen and oxygen atoms in total. The van der Waals surface area contributed by atoms with Crippen LogP contribution in [0.2, 0.25) is 0 Å². The lowest BCUT2D eigenvalue weighted by atomic mass is 10.1. The molecule has 5 rings (SSSR count). The number of hydrogen-bond acceptors (Lipinski definition) is 6. The maximum atomic E-state index is 11.1. The van der Waals surface area contributed by atoms with E-state index in [1.165, 1.54) is 21.9 Å². The SMILES string of the molecule is CC1CN(c2ccccc2)c2cc3oc4sc(C=O)cc4c3cc2SN1C. The fourth-order valence-corrected chi connectivity index (χ4v) is 5.36. The first-order chi connectivity index (χ1) is 13.1. The number of anilines is 2. The van der Waals surface area contributed by atoms with Gasteiger partial charge in [0.25, 0.3) is 0 Å². The van der Waals surface area contributed by atoms with Crippen LogP contribution in [0.25, 0.3) is 21.3 Å². The number of nitrogens with zero attached hydrogens (tertiary/aromatic N) is 2. The molecule has 0 saturated heterocycles. The summed E-state index contributed by atoms with van der Waals surface area (Å²) in [5, 5.41) is 2.09. The Bertz CT molecular complexity index is 1150. The number of fused-ring (bicyclic) bond motifs is 4. The first-order valence-corrected chi connectivity index (χ1v) is 10.4. The molecule has 0 saturated carbocycles. The minimum atomic E-state index is 0.386. The molecule has 1 unspecified atom stereocenters. The van der Waals surface area contributed by atoms with Gasteiger partial charge >= 0.3 is 0 Å². The molecular weight excluding hydrogens is 376 g/mol. The summed E-state index contributed by atoms with van der Waals surface area (Å²) in [5.41, 5.74) is 3.20. The zero-order valence-corrected chi connectivity index (χ0v) is 16.6. The summed E-state index contributed by atoms with van der Waals surface area (Å²) in [4.78, 5) is 16.2. The van der Waals surface area contributed by atoms with E-state index in [1.807, 2.05) is 12.1 Å². The van der Waals surface area contributed by atoms with Gasteiger partial charge in [-0.3, -0.25) is 4.79 Å². The lowest BCUT2D eigenvalue weighted by Crippen LogP contribution is -2.32.